The van der Waals surface area contributed by atoms with Gasteiger partial charge >= 0.3 is 6.09 Å². The van der Waals surface area contributed by atoms with Crippen molar-refractivity contribution in [2.24, 2.45) is 0 Å². The molecule has 0 bridgehead atoms. The first kappa shape index (κ1) is 43.9. The highest BCUT2D eigenvalue weighted by atomic mass is 32.2. The lowest BCUT2D eigenvalue weighted by Crippen LogP contribution is -2.39. The summed E-state index contributed by atoms with van der Waals surface area (Å²) in [4.78, 5) is 57.6. The zero-order chi connectivity index (χ0) is 44.3. The third-order valence-corrected chi connectivity index (χ3v) is 12.1. The number of carbonyl (C=O) groups is 4. The molecular weight excluding hydrogens is 831 g/mol. The Hall–Kier alpha value is -7.14. The second kappa shape index (κ2) is 20.2. The Morgan fingerprint density at radius 1 is 0.857 bits per heavy atom. The number of ether oxygens (including phenoxy) is 2. The van der Waals surface area contributed by atoms with E-state index in [1.54, 1.807) is 83.8 Å². The van der Waals surface area contributed by atoms with Gasteiger partial charge in [-0.05, 0) is 98.0 Å². The van der Waals surface area contributed by atoms with Crippen molar-refractivity contribution in [1.29, 1.82) is 5.26 Å². The summed E-state index contributed by atoms with van der Waals surface area (Å²) >= 11 is 2.57. The number of thiophene rings is 1. The number of rotatable bonds is 13. The zero-order valence-electron chi connectivity index (χ0n) is 34.9. The monoisotopic (exact) mass is 875 g/mol. The maximum atomic E-state index is 14.3. The van der Waals surface area contributed by atoms with E-state index in [0.29, 0.717) is 57.6 Å². The molecule has 6 aromatic rings. The van der Waals surface area contributed by atoms with Crippen LogP contribution in [0.5, 0.6) is 5.75 Å². The Labute approximate surface area is 374 Å². The predicted octanol–water partition coefficient (Wildman–Crippen LogP) is 10.4. The van der Waals surface area contributed by atoms with Crippen LogP contribution in [-0.2, 0) is 33.9 Å². The summed E-state index contributed by atoms with van der Waals surface area (Å²) in [5.41, 5.74) is 3.84. The van der Waals surface area contributed by atoms with E-state index in [9.17, 15) is 24.4 Å². The normalized spacial score (nSPS) is 12.9. The van der Waals surface area contributed by atoms with Gasteiger partial charge in [-0.2, -0.15) is 5.26 Å². The molecule has 0 aliphatic carbocycles. The molecule has 0 saturated carbocycles. The second-order valence-corrected chi connectivity index (χ2v) is 17.9. The molecule has 1 aliphatic heterocycles. The molecule has 0 spiro atoms. The Kier molecular flexibility index (Phi) is 14.1. The third kappa shape index (κ3) is 11.8. The predicted molar refractivity (Wildman–Crippen MR) is 247 cm³/mol. The summed E-state index contributed by atoms with van der Waals surface area (Å²) in [6.45, 7) is 6.52. The molecule has 11 nitrogen and oxygen atoms in total. The molecule has 7 rings (SSSR count). The highest BCUT2D eigenvalue weighted by molar-refractivity contribution is 8.00. The molecular formula is C50H45N5O6S2. The summed E-state index contributed by atoms with van der Waals surface area (Å²) in [6.07, 6.45) is 1.63. The van der Waals surface area contributed by atoms with E-state index in [0.717, 1.165) is 21.6 Å². The zero-order valence-corrected chi connectivity index (χ0v) is 36.6. The second-order valence-electron chi connectivity index (χ2n) is 15.6. The SMILES string of the molecule is CC(C)(C)OC(=O)N1CCc2c(sc(NC(=O)C(Sc3cccc(NC(=O)/C(=C\c4ccc(OCc5ccccc5)cc4)NC(=O)c4ccccc4)c3)c3ccccc3)c2C#N)C1. The van der Waals surface area contributed by atoms with Crippen LogP contribution in [-0.4, -0.2) is 40.9 Å². The van der Waals surface area contributed by atoms with Crippen LogP contribution in [0.15, 0.2) is 150 Å². The third-order valence-electron chi connectivity index (χ3n) is 9.71. The van der Waals surface area contributed by atoms with E-state index in [1.165, 1.54) is 23.1 Å². The first-order valence-corrected chi connectivity index (χ1v) is 21.9. The number of hydrogen-bond donors (Lipinski definition) is 3. The van der Waals surface area contributed by atoms with Crippen molar-refractivity contribution in [1.82, 2.24) is 10.2 Å². The molecule has 1 aromatic heterocycles. The van der Waals surface area contributed by atoms with Gasteiger partial charge in [-0.3, -0.25) is 14.4 Å². The fraction of sp³-hybridized carbons (Fsp3) is 0.180. The van der Waals surface area contributed by atoms with Gasteiger partial charge in [-0.25, -0.2) is 4.79 Å². The quantitative estimate of drug-likeness (QED) is 0.0767. The maximum absolute atomic E-state index is 14.3. The largest absolute Gasteiger partial charge is 0.489 e. The number of thioether (sulfide) groups is 1. The number of amides is 4. The van der Waals surface area contributed by atoms with Crippen molar-refractivity contribution in [2.45, 2.75) is 56.1 Å². The fourth-order valence-electron chi connectivity index (χ4n) is 6.66. The molecule has 0 radical (unpaired) electrons. The number of hydrogen-bond acceptors (Lipinski definition) is 9. The van der Waals surface area contributed by atoms with E-state index in [4.69, 9.17) is 9.47 Å². The average molecular weight is 876 g/mol. The molecule has 63 heavy (non-hydrogen) atoms. The van der Waals surface area contributed by atoms with Crippen molar-refractivity contribution < 1.29 is 28.7 Å². The number of nitriles is 1. The Morgan fingerprint density at radius 3 is 2.22 bits per heavy atom. The molecule has 3 N–H and O–H groups in total. The molecule has 1 atom stereocenters. The Balaban J connectivity index is 1.08. The number of nitrogens with one attached hydrogen (secondary N) is 3. The minimum absolute atomic E-state index is 0.0163. The molecule has 5 aromatic carbocycles. The number of carbonyl (C=O) groups excluding carboxylic acids is 4. The van der Waals surface area contributed by atoms with Gasteiger partial charge in [0.25, 0.3) is 11.8 Å². The van der Waals surface area contributed by atoms with E-state index in [1.807, 2.05) is 87.5 Å². The van der Waals surface area contributed by atoms with Crippen LogP contribution >= 0.6 is 23.1 Å². The smallest absolute Gasteiger partial charge is 0.410 e. The van der Waals surface area contributed by atoms with E-state index >= 15 is 0 Å². The summed E-state index contributed by atoms with van der Waals surface area (Å²) in [6, 6.07) is 44.3. The number of anilines is 2. The first-order valence-electron chi connectivity index (χ1n) is 20.2. The van der Waals surface area contributed by atoms with Crippen molar-refractivity contribution in [3.8, 4) is 11.8 Å². The fourth-order valence-corrected chi connectivity index (χ4v) is 8.96. The van der Waals surface area contributed by atoms with Crippen molar-refractivity contribution in [3.05, 3.63) is 183 Å². The molecule has 13 heteroatoms. The standard InChI is InChI=1S/C50H45N5O6S2/c1-50(2,3)61-49(59)55-27-26-40-41(30-51)48(63-43(40)31-55)54-47(58)44(35-16-9-5-10-17-35)62-39-21-13-20-37(29-39)52-46(57)42(53-45(56)36-18-11-6-12-19-36)28-33-22-24-38(25-23-33)60-32-34-14-7-4-8-15-34/h4-25,28-29,44H,26-27,31-32H2,1-3H3,(H,52,57)(H,53,56)(H,54,58)/b42-28+. The maximum Gasteiger partial charge on any atom is 0.410 e. The molecule has 2 heterocycles. The van der Waals surface area contributed by atoms with Crippen LogP contribution in [0.25, 0.3) is 6.08 Å². The molecule has 0 fully saturated rings. The molecule has 318 valence electrons. The van der Waals surface area contributed by atoms with Crippen LogP contribution in [0, 0.1) is 11.3 Å². The lowest BCUT2D eigenvalue weighted by atomic mass is 10.0. The van der Waals surface area contributed by atoms with Gasteiger partial charge in [0.05, 0.1) is 12.1 Å². The van der Waals surface area contributed by atoms with Gasteiger partial charge < -0.3 is 30.3 Å². The molecule has 1 unspecified atom stereocenters. The molecule has 4 amide bonds. The van der Waals surface area contributed by atoms with Crippen LogP contribution in [0.4, 0.5) is 15.5 Å². The van der Waals surface area contributed by atoms with Crippen molar-refractivity contribution in [3.63, 3.8) is 0 Å². The Bertz CT molecular complexity index is 2660. The van der Waals surface area contributed by atoms with Gasteiger partial charge in [0.2, 0.25) is 5.91 Å². The summed E-state index contributed by atoms with van der Waals surface area (Å²) < 4.78 is 11.5. The van der Waals surface area contributed by atoms with Gasteiger partial charge in [-0.15, -0.1) is 23.1 Å². The first-order chi connectivity index (χ1) is 30.4. The summed E-state index contributed by atoms with van der Waals surface area (Å²) in [5.74, 6) is -0.699. The highest BCUT2D eigenvalue weighted by Crippen LogP contribution is 2.41. The van der Waals surface area contributed by atoms with Gasteiger partial charge in [0, 0.05) is 27.6 Å². The van der Waals surface area contributed by atoms with Crippen molar-refractivity contribution >= 4 is 63.7 Å². The number of benzene rings is 5. The number of fused-ring (bicyclic) bond motifs is 1. The lowest BCUT2D eigenvalue weighted by Gasteiger charge is -2.29. The minimum Gasteiger partial charge on any atom is -0.489 e. The average Bonchev–Trinajstić information content (AvgIpc) is 3.64. The summed E-state index contributed by atoms with van der Waals surface area (Å²) in [5, 5.41) is 18.6. The van der Waals surface area contributed by atoms with Crippen LogP contribution in [0.2, 0.25) is 0 Å². The van der Waals surface area contributed by atoms with Crippen molar-refractivity contribution in [2.75, 3.05) is 17.2 Å². The van der Waals surface area contributed by atoms with Gasteiger partial charge in [0.1, 0.15) is 40.0 Å². The highest BCUT2D eigenvalue weighted by Gasteiger charge is 2.31. The summed E-state index contributed by atoms with van der Waals surface area (Å²) in [7, 11) is 0. The topological polar surface area (TPSA) is 150 Å². The van der Waals surface area contributed by atoms with Crippen LogP contribution in [0.1, 0.15) is 69.1 Å². The van der Waals surface area contributed by atoms with Crippen LogP contribution in [0.3, 0.4) is 0 Å². The lowest BCUT2D eigenvalue weighted by molar-refractivity contribution is -0.116. The minimum atomic E-state index is -0.749. The Morgan fingerprint density at radius 2 is 1.54 bits per heavy atom. The molecule has 1 aliphatic rings. The number of nitrogens with zero attached hydrogens (tertiary/aromatic N) is 2. The van der Waals surface area contributed by atoms with E-state index in [-0.39, 0.29) is 18.1 Å². The van der Waals surface area contributed by atoms with E-state index < -0.39 is 28.8 Å². The molecule has 0 saturated heterocycles. The van der Waals surface area contributed by atoms with Gasteiger partial charge in [0.15, 0.2) is 0 Å². The van der Waals surface area contributed by atoms with E-state index in [2.05, 4.69) is 22.0 Å². The van der Waals surface area contributed by atoms with Crippen LogP contribution < -0.4 is 20.7 Å². The van der Waals surface area contributed by atoms with Gasteiger partial charge in [-0.1, -0.05) is 97.1 Å².